The lowest BCUT2D eigenvalue weighted by atomic mass is 9.59. The van der Waals surface area contributed by atoms with Crippen LogP contribution in [0.25, 0.3) is 0 Å². The summed E-state index contributed by atoms with van der Waals surface area (Å²) in [5.41, 5.74) is -1.24. The third kappa shape index (κ3) is 5.54. The summed E-state index contributed by atoms with van der Waals surface area (Å²) < 4.78 is 39.3. The second kappa shape index (κ2) is 10.6. The molecule has 10 heteroatoms. The minimum atomic E-state index is -1.13. The van der Waals surface area contributed by atoms with Crippen molar-refractivity contribution in [3.8, 4) is 0 Å². The Kier molecular flexibility index (Phi) is 7.84. The Morgan fingerprint density at radius 3 is 2.50 bits per heavy atom. The van der Waals surface area contributed by atoms with Gasteiger partial charge in [-0.2, -0.15) is 0 Å². The summed E-state index contributed by atoms with van der Waals surface area (Å²) in [6.45, 7) is -0.176. The number of rotatable bonds is 6. The van der Waals surface area contributed by atoms with Crippen molar-refractivity contribution in [3.63, 3.8) is 0 Å². The van der Waals surface area contributed by atoms with E-state index in [9.17, 15) is 23.5 Å². The Hall–Kier alpha value is -1.03. The number of amides is 2. The molecule has 0 radical (unpaired) electrons. The number of hydrogen-bond donors (Lipinski definition) is 3. The third-order valence-corrected chi connectivity index (χ3v) is 9.96. The van der Waals surface area contributed by atoms with Crippen molar-refractivity contribution in [2.24, 2.45) is 5.92 Å². The van der Waals surface area contributed by atoms with Crippen molar-refractivity contribution in [1.82, 2.24) is 10.6 Å². The number of aliphatic hydroxyl groups is 1. The number of carbonyl (C=O) groups excluding carboxylic acids is 2. The fourth-order valence-electron chi connectivity index (χ4n) is 7.20. The van der Waals surface area contributed by atoms with Gasteiger partial charge in [-0.05, 0) is 83.0 Å². The van der Waals surface area contributed by atoms with Crippen LogP contribution in [0.4, 0.5) is 8.78 Å². The molecule has 1 aliphatic heterocycles. The fraction of sp³-hybridized carbons (Fsp3) is 0.923. The Morgan fingerprint density at radius 2 is 1.78 bits per heavy atom. The van der Waals surface area contributed by atoms with Gasteiger partial charge in [0.05, 0.1) is 29.2 Å². The first-order chi connectivity index (χ1) is 17.2. The predicted molar refractivity (Wildman–Crippen MR) is 129 cm³/mol. The van der Waals surface area contributed by atoms with E-state index in [1.165, 1.54) is 0 Å². The van der Waals surface area contributed by atoms with Crippen LogP contribution in [0.2, 0.25) is 0 Å². The van der Waals surface area contributed by atoms with Crippen LogP contribution in [0.5, 0.6) is 0 Å². The summed E-state index contributed by atoms with van der Waals surface area (Å²) in [7, 11) is 0. The zero-order chi connectivity index (χ0) is 25.5. The summed E-state index contributed by atoms with van der Waals surface area (Å²) in [5, 5.41) is 16.7. The smallest absolute Gasteiger partial charge is 0.249 e. The van der Waals surface area contributed by atoms with E-state index in [1.54, 1.807) is 0 Å². The van der Waals surface area contributed by atoms with Gasteiger partial charge in [-0.3, -0.25) is 9.59 Å². The van der Waals surface area contributed by atoms with Crippen LogP contribution in [0.1, 0.15) is 83.5 Å². The zero-order valence-corrected chi connectivity index (χ0v) is 21.5. The van der Waals surface area contributed by atoms with Crippen molar-refractivity contribution in [2.75, 3.05) is 6.61 Å². The standard InChI is InChI=1S/C26H39ClF2N2O5/c27-18-4-3-17(12-19(18)29)35-14-23(33)30-26-9-7-25(8-10-26,13-22(26)32)31-24(34)21-5-1-15-11-16(28)2-6-20(15)36-21/h15-22,32H,1-14H2,(H,30,33)(H,31,34)/t15?,16?,17?,18?,19?,20?,21-,22+,25?,26?/m1/s1. The minimum absolute atomic E-state index is 0.0480. The molecule has 204 valence electrons. The molecule has 5 aliphatic carbocycles. The normalized spacial score (nSPS) is 46.6. The van der Waals surface area contributed by atoms with Crippen LogP contribution >= 0.6 is 11.6 Å². The second-order valence-electron chi connectivity index (χ2n) is 11.9. The molecule has 6 unspecified atom stereocenters. The fourth-order valence-corrected chi connectivity index (χ4v) is 7.43. The van der Waals surface area contributed by atoms with E-state index < -0.39 is 41.0 Å². The second-order valence-corrected chi connectivity index (χ2v) is 12.4. The van der Waals surface area contributed by atoms with E-state index in [1.807, 2.05) is 0 Å². The number of hydrogen-bond acceptors (Lipinski definition) is 5. The van der Waals surface area contributed by atoms with Crippen LogP contribution in [0, 0.1) is 5.92 Å². The van der Waals surface area contributed by atoms with Crippen LogP contribution < -0.4 is 10.6 Å². The van der Waals surface area contributed by atoms with Gasteiger partial charge in [0.1, 0.15) is 25.1 Å². The maximum Gasteiger partial charge on any atom is 0.249 e. The van der Waals surface area contributed by atoms with Crippen LogP contribution in [0.15, 0.2) is 0 Å². The quantitative estimate of drug-likeness (QED) is 0.456. The first-order valence-electron chi connectivity index (χ1n) is 13.7. The Morgan fingerprint density at radius 1 is 1.00 bits per heavy atom. The van der Waals surface area contributed by atoms with Gasteiger partial charge >= 0.3 is 0 Å². The minimum Gasteiger partial charge on any atom is -0.391 e. The van der Waals surface area contributed by atoms with Crippen molar-refractivity contribution < 1.29 is 33.0 Å². The molecular formula is C26H39ClF2N2O5. The molecule has 0 aromatic heterocycles. The lowest BCUT2D eigenvalue weighted by Crippen LogP contribution is -2.71. The Bertz CT molecular complexity index is 826. The number of ether oxygens (including phenoxy) is 2. The van der Waals surface area contributed by atoms with Crippen LogP contribution in [-0.2, 0) is 19.1 Å². The summed E-state index contributed by atoms with van der Waals surface area (Å²) in [4.78, 5) is 25.8. The molecule has 8 atom stereocenters. The molecular weight excluding hydrogens is 494 g/mol. The highest BCUT2D eigenvalue weighted by molar-refractivity contribution is 6.21. The monoisotopic (exact) mass is 532 g/mol. The molecule has 5 saturated carbocycles. The lowest BCUT2D eigenvalue weighted by Gasteiger charge is -2.56. The van der Waals surface area contributed by atoms with E-state index in [2.05, 4.69) is 10.6 Å². The molecule has 0 aromatic rings. The van der Waals surface area contributed by atoms with Crippen molar-refractivity contribution >= 4 is 23.4 Å². The third-order valence-electron chi connectivity index (χ3n) is 9.47. The lowest BCUT2D eigenvalue weighted by molar-refractivity contribution is -0.158. The number of carbonyl (C=O) groups is 2. The first-order valence-corrected chi connectivity index (χ1v) is 14.1. The molecule has 0 aromatic carbocycles. The molecule has 6 rings (SSSR count). The maximum atomic E-state index is 13.8. The molecule has 6 fully saturated rings. The molecule has 2 amide bonds. The molecule has 1 saturated heterocycles. The highest BCUT2D eigenvalue weighted by atomic mass is 35.5. The zero-order valence-electron chi connectivity index (χ0n) is 20.7. The van der Waals surface area contributed by atoms with Crippen molar-refractivity contribution in [1.29, 1.82) is 0 Å². The molecule has 3 N–H and O–H groups in total. The predicted octanol–water partition coefficient (Wildman–Crippen LogP) is 3.24. The molecule has 1 heterocycles. The maximum absolute atomic E-state index is 13.8. The number of aliphatic hydroxyl groups excluding tert-OH is 1. The number of halogens is 3. The summed E-state index contributed by atoms with van der Waals surface area (Å²) in [6, 6.07) is 0. The van der Waals surface area contributed by atoms with Gasteiger partial charge in [-0.25, -0.2) is 8.78 Å². The largest absolute Gasteiger partial charge is 0.391 e. The summed E-state index contributed by atoms with van der Waals surface area (Å²) >= 11 is 5.92. The van der Waals surface area contributed by atoms with Crippen LogP contribution in [0.3, 0.4) is 0 Å². The van der Waals surface area contributed by atoms with E-state index in [0.29, 0.717) is 70.6 Å². The average molecular weight is 533 g/mol. The molecule has 0 spiro atoms. The van der Waals surface area contributed by atoms with Gasteiger partial charge in [0, 0.05) is 12.0 Å². The molecule has 7 nitrogen and oxygen atoms in total. The number of nitrogens with one attached hydrogen (secondary N) is 2. The van der Waals surface area contributed by atoms with Crippen molar-refractivity contribution in [3.05, 3.63) is 0 Å². The summed E-state index contributed by atoms with van der Waals surface area (Å²) in [5.74, 6) is -0.263. The van der Waals surface area contributed by atoms with E-state index in [-0.39, 0.29) is 43.0 Å². The summed E-state index contributed by atoms with van der Waals surface area (Å²) in [6.07, 6.45) is 3.63. The highest BCUT2D eigenvalue weighted by Gasteiger charge is 2.56. The van der Waals surface area contributed by atoms with E-state index in [4.69, 9.17) is 21.1 Å². The average Bonchev–Trinajstić information content (AvgIpc) is 2.85. The Labute approximate surface area is 216 Å². The number of alkyl halides is 3. The first kappa shape index (κ1) is 26.6. The topological polar surface area (TPSA) is 96.9 Å². The molecule has 6 aliphatic rings. The van der Waals surface area contributed by atoms with Gasteiger partial charge < -0.3 is 25.2 Å². The molecule has 36 heavy (non-hydrogen) atoms. The Balaban J connectivity index is 1.10. The van der Waals surface area contributed by atoms with Gasteiger partial charge in [0.25, 0.3) is 0 Å². The van der Waals surface area contributed by atoms with Gasteiger partial charge in [0.15, 0.2) is 0 Å². The van der Waals surface area contributed by atoms with Gasteiger partial charge in [-0.15, -0.1) is 11.6 Å². The molecule has 2 bridgehead atoms. The van der Waals surface area contributed by atoms with Crippen LogP contribution in [-0.4, -0.2) is 76.7 Å². The SMILES string of the molecule is O=C(COC1CCC(Cl)C(F)C1)NC12CCC(NC(=O)[C@H]3CCC4CC(F)CCC4O3)(CC1)C[C@@H]2O. The van der Waals surface area contributed by atoms with Gasteiger partial charge in [-0.1, -0.05) is 0 Å². The highest BCUT2D eigenvalue weighted by Crippen LogP contribution is 2.47. The van der Waals surface area contributed by atoms with Gasteiger partial charge in [0.2, 0.25) is 11.8 Å². The number of fused-ring (bicyclic) bond motifs is 4. The van der Waals surface area contributed by atoms with Crippen molar-refractivity contribution in [2.45, 2.75) is 137 Å². The van der Waals surface area contributed by atoms with E-state index >= 15 is 0 Å². The van der Waals surface area contributed by atoms with E-state index in [0.717, 1.165) is 6.42 Å².